The lowest BCUT2D eigenvalue weighted by molar-refractivity contribution is -0.144. The Morgan fingerprint density at radius 3 is 1.67 bits per heavy atom. The number of unbranched alkanes of at least 4 members (excludes halogenated alkanes) is 7. The van der Waals surface area contributed by atoms with Crippen LogP contribution in [0.5, 0.6) is 0 Å². The van der Waals surface area contributed by atoms with E-state index in [-0.39, 0.29) is 5.97 Å². The molecule has 0 unspecified atom stereocenters. The monoisotopic (exact) mass is 344 g/mol. The number of hydrogen-bond acceptors (Lipinski definition) is 4. The lowest BCUT2D eigenvalue weighted by atomic mass is 10.1. The highest BCUT2D eigenvalue weighted by molar-refractivity contribution is 5.89. The number of rotatable bonds is 13. The van der Waals surface area contributed by atoms with Crippen molar-refractivity contribution in [2.45, 2.75) is 78.1 Å². The SMILES string of the molecule is CCCCCCCCCC(=O)OCCCC.O=C(O)/C=C/C(=O)O. The van der Waals surface area contributed by atoms with E-state index < -0.39 is 11.9 Å². The molecule has 0 spiro atoms. The molecule has 0 saturated carbocycles. The molecule has 0 aliphatic rings. The minimum atomic E-state index is -1.26. The van der Waals surface area contributed by atoms with Gasteiger partial charge in [-0.25, -0.2) is 9.59 Å². The summed E-state index contributed by atoms with van der Waals surface area (Å²) in [4.78, 5) is 30.3. The van der Waals surface area contributed by atoms with E-state index in [1.807, 2.05) is 0 Å². The van der Waals surface area contributed by atoms with E-state index in [1.54, 1.807) is 0 Å². The van der Waals surface area contributed by atoms with Gasteiger partial charge in [0.2, 0.25) is 0 Å². The van der Waals surface area contributed by atoms with Gasteiger partial charge in [0.25, 0.3) is 0 Å². The number of aliphatic carboxylic acids is 2. The summed E-state index contributed by atoms with van der Waals surface area (Å²) < 4.78 is 5.09. The minimum Gasteiger partial charge on any atom is -0.478 e. The van der Waals surface area contributed by atoms with Crippen molar-refractivity contribution in [2.75, 3.05) is 6.61 Å². The summed E-state index contributed by atoms with van der Waals surface area (Å²) in [6.07, 6.45) is 12.5. The number of esters is 1. The quantitative estimate of drug-likeness (QED) is 0.295. The van der Waals surface area contributed by atoms with Gasteiger partial charge < -0.3 is 14.9 Å². The zero-order valence-electron chi connectivity index (χ0n) is 15.0. The Hall–Kier alpha value is -1.85. The largest absolute Gasteiger partial charge is 0.478 e. The van der Waals surface area contributed by atoms with E-state index in [0.717, 1.165) is 19.3 Å². The molecule has 24 heavy (non-hydrogen) atoms. The standard InChI is InChI=1S/C14H28O2.C4H4O4/c1-3-5-7-8-9-10-11-12-14(15)16-13-6-4-2;5-3(6)1-2-4(7)8/h3-13H2,1-2H3;1-2H,(H,5,6)(H,7,8)/b;2-1+. The van der Waals surface area contributed by atoms with Crippen LogP contribution in [-0.2, 0) is 19.1 Å². The minimum absolute atomic E-state index is 0.0120. The van der Waals surface area contributed by atoms with Crippen LogP contribution in [0.25, 0.3) is 0 Å². The predicted molar refractivity (Wildman–Crippen MR) is 92.9 cm³/mol. The van der Waals surface area contributed by atoms with Crippen LogP contribution < -0.4 is 0 Å². The Labute approximate surface area is 144 Å². The molecule has 6 heteroatoms. The van der Waals surface area contributed by atoms with Gasteiger partial charge >= 0.3 is 17.9 Å². The van der Waals surface area contributed by atoms with Crippen LogP contribution in [0.2, 0.25) is 0 Å². The summed E-state index contributed by atoms with van der Waals surface area (Å²) in [5, 5.41) is 15.6. The summed E-state index contributed by atoms with van der Waals surface area (Å²) in [5.74, 6) is -2.53. The van der Waals surface area contributed by atoms with Crippen molar-refractivity contribution in [1.29, 1.82) is 0 Å². The van der Waals surface area contributed by atoms with E-state index in [4.69, 9.17) is 14.9 Å². The van der Waals surface area contributed by atoms with Gasteiger partial charge in [-0.2, -0.15) is 0 Å². The lowest BCUT2D eigenvalue weighted by Gasteiger charge is -2.03. The molecule has 0 fully saturated rings. The van der Waals surface area contributed by atoms with Gasteiger partial charge in [-0.1, -0.05) is 58.8 Å². The fourth-order valence-electron chi connectivity index (χ4n) is 1.77. The molecule has 0 bridgehead atoms. The first-order valence-electron chi connectivity index (χ1n) is 8.73. The average molecular weight is 344 g/mol. The number of carboxylic acids is 2. The smallest absolute Gasteiger partial charge is 0.328 e. The third-order valence-corrected chi connectivity index (χ3v) is 3.11. The molecule has 140 valence electrons. The zero-order valence-corrected chi connectivity index (χ0v) is 15.0. The molecule has 0 aromatic heterocycles. The van der Waals surface area contributed by atoms with Crippen molar-refractivity contribution in [1.82, 2.24) is 0 Å². The maximum absolute atomic E-state index is 11.2. The first-order valence-corrected chi connectivity index (χ1v) is 8.73. The molecular formula is C18H32O6. The Bertz CT molecular complexity index is 347. The predicted octanol–water partition coefficient (Wildman–Crippen LogP) is 4.18. The first-order chi connectivity index (χ1) is 11.4. The molecule has 0 saturated heterocycles. The van der Waals surface area contributed by atoms with Gasteiger partial charge in [-0.15, -0.1) is 0 Å². The van der Waals surface area contributed by atoms with E-state index in [9.17, 15) is 14.4 Å². The van der Waals surface area contributed by atoms with E-state index in [1.165, 1.54) is 38.5 Å². The number of carboxylic acid groups (broad SMARTS) is 2. The van der Waals surface area contributed by atoms with Crippen molar-refractivity contribution in [3.8, 4) is 0 Å². The van der Waals surface area contributed by atoms with Gasteiger partial charge in [0, 0.05) is 18.6 Å². The molecule has 0 aromatic carbocycles. The Morgan fingerprint density at radius 1 is 0.750 bits per heavy atom. The molecule has 0 rings (SSSR count). The molecule has 0 amide bonds. The van der Waals surface area contributed by atoms with Gasteiger partial charge in [0.1, 0.15) is 0 Å². The highest BCUT2D eigenvalue weighted by Crippen LogP contribution is 2.08. The van der Waals surface area contributed by atoms with E-state index in [2.05, 4.69) is 13.8 Å². The third kappa shape index (κ3) is 25.1. The maximum Gasteiger partial charge on any atom is 0.328 e. The highest BCUT2D eigenvalue weighted by atomic mass is 16.5. The summed E-state index contributed by atoms with van der Waals surface area (Å²) in [7, 11) is 0. The van der Waals surface area contributed by atoms with E-state index in [0.29, 0.717) is 25.2 Å². The summed E-state index contributed by atoms with van der Waals surface area (Å²) in [5.41, 5.74) is 0. The van der Waals surface area contributed by atoms with Crippen LogP contribution in [0.15, 0.2) is 12.2 Å². The second kappa shape index (κ2) is 19.2. The number of carbonyl (C=O) groups is 3. The number of carbonyl (C=O) groups excluding carboxylic acids is 1. The second-order valence-corrected chi connectivity index (χ2v) is 5.46. The molecule has 6 nitrogen and oxygen atoms in total. The first kappa shape index (κ1) is 24.4. The van der Waals surface area contributed by atoms with Crippen LogP contribution in [0, 0.1) is 0 Å². The topological polar surface area (TPSA) is 101 Å². The van der Waals surface area contributed by atoms with Crippen LogP contribution in [-0.4, -0.2) is 34.7 Å². The van der Waals surface area contributed by atoms with Crippen molar-refractivity contribution in [3.05, 3.63) is 12.2 Å². The third-order valence-electron chi connectivity index (χ3n) is 3.11. The fourth-order valence-corrected chi connectivity index (χ4v) is 1.77. The van der Waals surface area contributed by atoms with Gasteiger partial charge in [0.05, 0.1) is 6.61 Å². The highest BCUT2D eigenvalue weighted by Gasteiger charge is 2.01. The molecule has 0 aliphatic carbocycles. The summed E-state index contributed by atoms with van der Waals surface area (Å²) >= 11 is 0. The molecule has 0 heterocycles. The van der Waals surface area contributed by atoms with Crippen LogP contribution >= 0.6 is 0 Å². The summed E-state index contributed by atoms with van der Waals surface area (Å²) in [6.45, 7) is 4.93. The van der Waals surface area contributed by atoms with Gasteiger partial charge in [-0.05, 0) is 12.8 Å². The number of hydrogen-bond donors (Lipinski definition) is 2. The fraction of sp³-hybridized carbons (Fsp3) is 0.722. The van der Waals surface area contributed by atoms with Crippen LogP contribution in [0.4, 0.5) is 0 Å². The second-order valence-electron chi connectivity index (χ2n) is 5.46. The number of ether oxygens (including phenoxy) is 1. The molecule has 0 aromatic rings. The Balaban J connectivity index is 0. The normalized spacial score (nSPS) is 10.1. The van der Waals surface area contributed by atoms with Gasteiger partial charge in [0.15, 0.2) is 0 Å². The molecule has 0 radical (unpaired) electrons. The molecule has 2 N–H and O–H groups in total. The molecular weight excluding hydrogens is 312 g/mol. The van der Waals surface area contributed by atoms with Crippen molar-refractivity contribution >= 4 is 17.9 Å². The van der Waals surface area contributed by atoms with E-state index >= 15 is 0 Å². The molecule has 0 aliphatic heterocycles. The van der Waals surface area contributed by atoms with Crippen LogP contribution in [0.1, 0.15) is 78.1 Å². The Morgan fingerprint density at radius 2 is 1.21 bits per heavy atom. The van der Waals surface area contributed by atoms with Crippen molar-refractivity contribution in [2.24, 2.45) is 0 Å². The van der Waals surface area contributed by atoms with Gasteiger partial charge in [-0.3, -0.25) is 4.79 Å². The lowest BCUT2D eigenvalue weighted by Crippen LogP contribution is -2.05. The Kier molecular flexibility index (Phi) is 19.5. The van der Waals surface area contributed by atoms with Crippen LogP contribution in [0.3, 0.4) is 0 Å². The zero-order chi connectivity index (χ0) is 18.6. The maximum atomic E-state index is 11.2. The molecule has 0 atom stereocenters. The average Bonchev–Trinajstić information content (AvgIpc) is 2.53. The summed E-state index contributed by atoms with van der Waals surface area (Å²) in [6, 6.07) is 0. The van der Waals surface area contributed by atoms with Crippen molar-refractivity contribution < 1.29 is 29.3 Å². The van der Waals surface area contributed by atoms with Crippen molar-refractivity contribution in [3.63, 3.8) is 0 Å².